The lowest BCUT2D eigenvalue weighted by Crippen LogP contribution is -2.22. The van der Waals surface area contributed by atoms with Gasteiger partial charge in [0.15, 0.2) is 0 Å². The minimum absolute atomic E-state index is 0.230. The third kappa shape index (κ3) is 3.58. The molecule has 1 saturated carbocycles. The minimum atomic E-state index is -2.77. The Hall–Kier alpha value is -1.32. The van der Waals surface area contributed by atoms with Crippen LogP contribution in [0.25, 0.3) is 0 Å². The number of nitrogens with one attached hydrogen (secondary N) is 1. The molecule has 1 aliphatic rings. The number of halogens is 2. The zero-order valence-corrected chi connectivity index (χ0v) is 9.66. The molecule has 0 unspecified atom stereocenters. The molecule has 0 bridgehead atoms. The molecule has 0 heterocycles. The quantitative estimate of drug-likeness (QED) is 0.859. The molecular formula is C13H17F2NO. The summed E-state index contributed by atoms with van der Waals surface area (Å²) in [6.45, 7) is -2.77. The van der Waals surface area contributed by atoms with Crippen molar-refractivity contribution in [3.05, 3.63) is 24.3 Å². The Bertz CT molecular complexity index is 351. The highest BCUT2D eigenvalue weighted by atomic mass is 19.3. The third-order valence-corrected chi connectivity index (χ3v) is 3.07. The first kappa shape index (κ1) is 12.1. The van der Waals surface area contributed by atoms with E-state index in [1.165, 1.54) is 19.3 Å². The van der Waals surface area contributed by atoms with Gasteiger partial charge in [0.25, 0.3) is 0 Å². The molecule has 94 valence electrons. The lowest BCUT2D eigenvalue weighted by molar-refractivity contribution is -0.0494. The number of alkyl halides is 2. The van der Waals surface area contributed by atoms with Crippen LogP contribution >= 0.6 is 0 Å². The SMILES string of the molecule is FC(F)Oc1ccccc1NC1CCCCC1. The van der Waals surface area contributed by atoms with Crippen molar-refractivity contribution in [3.63, 3.8) is 0 Å². The second kappa shape index (κ2) is 5.84. The highest BCUT2D eigenvalue weighted by Gasteiger charge is 2.15. The van der Waals surface area contributed by atoms with Crippen LogP contribution in [0.1, 0.15) is 32.1 Å². The molecule has 0 atom stereocenters. The number of hydrogen-bond donors (Lipinski definition) is 1. The number of ether oxygens (including phenoxy) is 1. The van der Waals surface area contributed by atoms with Crippen molar-refractivity contribution < 1.29 is 13.5 Å². The molecule has 1 fully saturated rings. The first-order chi connectivity index (χ1) is 8.25. The van der Waals surface area contributed by atoms with E-state index in [1.54, 1.807) is 18.2 Å². The van der Waals surface area contributed by atoms with Crippen LogP contribution in [-0.2, 0) is 0 Å². The van der Waals surface area contributed by atoms with Gasteiger partial charge in [0.1, 0.15) is 5.75 Å². The van der Waals surface area contributed by atoms with Gasteiger partial charge in [-0.3, -0.25) is 0 Å². The van der Waals surface area contributed by atoms with Gasteiger partial charge in [-0.1, -0.05) is 31.4 Å². The van der Waals surface area contributed by atoms with Gasteiger partial charge in [0.05, 0.1) is 5.69 Å². The van der Waals surface area contributed by atoms with E-state index >= 15 is 0 Å². The highest BCUT2D eigenvalue weighted by molar-refractivity contribution is 5.56. The molecule has 0 radical (unpaired) electrons. The maximum atomic E-state index is 12.2. The van der Waals surface area contributed by atoms with Crippen LogP contribution in [0.2, 0.25) is 0 Å². The van der Waals surface area contributed by atoms with Gasteiger partial charge in [-0.15, -0.1) is 0 Å². The molecule has 0 amide bonds. The molecule has 1 aromatic rings. The largest absolute Gasteiger partial charge is 0.433 e. The monoisotopic (exact) mass is 241 g/mol. The Balaban J connectivity index is 2.03. The van der Waals surface area contributed by atoms with Crippen LogP contribution in [0.4, 0.5) is 14.5 Å². The van der Waals surface area contributed by atoms with E-state index in [2.05, 4.69) is 10.1 Å². The fraction of sp³-hybridized carbons (Fsp3) is 0.538. The molecule has 2 rings (SSSR count). The van der Waals surface area contributed by atoms with Crippen molar-refractivity contribution in [1.82, 2.24) is 0 Å². The van der Waals surface area contributed by atoms with Gasteiger partial charge in [0, 0.05) is 6.04 Å². The van der Waals surface area contributed by atoms with E-state index < -0.39 is 6.61 Å². The minimum Gasteiger partial charge on any atom is -0.433 e. The average Bonchev–Trinajstić information content (AvgIpc) is 2.32. The summed E-state index contributed by atoms with van der Waals surface area (Å²) in [6.07, 6.45) is 5.88. The van der Waals surface area contributed by atoms with Gasteiger partial charge >= 0.3 is 6.61 Å². The highest BCUT2D eigenvalue weighted by Crippen LogP contribution is 2.29. The molecule has 0 aromatic heterocycles. The molecule has 1 aliphatic carbocycles. The molecule has 4 heteroatoms. The Morgan fingerprint density at radius 3 is 2.53 bits per heavy atom. The molecule has 17 heavy (non-hydrogen) atoms. The van der Waals surface area contributed by atoms with Gasteiger partial charge in [-0.25, -0.2) is 0 Å². The van der Waals surface area contributed by atoms with E-state index in [-0.39, 0.29) is 5.75 Å². The summed E-state index contributed by atoms with van der Waals surface area (Å²) in [6, 6.07) is 7.25. The smallest absolute Gasteiger partial charge is 0.387 e. The molecule has 0 saturated heterocycles. The molecular weight excluding hydrogens is 224 g/mol. The van der Waals surface area contributed by atoms with Gasteiger partial charge in [-0.2, -0.15) is 8.78 Å². The summed E-state index contributed by atoms with van der Waals surface area (Å²) >= 11 is 0. The number of hydrogen-bond acceptors (Lipinski definition) is 2. The number of para-hydroxylation sites is 2. The summed E-state index contributed by atoms with van der Waals surface area (Å²) in [5, 5.41) is 3.30. The Kier molecular flexibility index (Phi) is 4.18. The molecule has 0 aliphatic heterocycles. The maximum absolute atomic E-state index is 12.2. The lowest BCUT2D eigenvalue weighted by Gasteiger charge is -2.24. The van der Waals surface area contributed by atoms with Crippen molar-refractivity contribution in [3.8, 4) is 5.75 Å². The third-order valence-electron chi connectivity index (χ3n) is 3.07. The topological polar surface area (TPSA) is 21.3 Å². The van der Waals surface area contributed by atoms with Crippen LogP contribution in [0.15, 0.2) is 24.3 Å². The first-order valence-corrected chi connectivity index (χ1v) is 6.06. The maximum Gasteiger partial charge on any atom is 0.387 e. The van der Waals surface area contributed by atoms with E-state index in [0.717, 1.165) is 12.8 Å². The number of rotatable bonds is 4. The van der Waals surface area contributed by atoms with Crippen molar-refractivity contribution >= 4 is 5.69 Å². The van der Waals surface area contributed by atoms with Crippen molar-refractivity contribution in [1.29, 1.82) is 0 Å². The Morgan fingerprint density at radius 2 is 1.82 bits per heavy atom. The fourth-order valence-electron chi connectivity index (χ4n) is 2.25. The summed E-state index contributed by atoms with van der Waals surface area (Å²) in [5.74, 6) is 0.230. The van der Waals surface area contributed by atoms with Crippen molar-refractivity contribution in [2.75, 3.05) is 5.32 Å². The van der Waals surface area contributed by atoms with Crippen LogP contribution < -0.4 is 10.1 Å². The number of benzene rings is 1. The second-order valence-electron chi connectivity index (χ2n) is 4.35. The Morgan fingerprint density at radius 1 is 1.12 bits per heavy atom. The van der Waals surface area contributed by atoms with Crippen molar-refractivity contribution in [2.24, 2.45) is 0 Å². The summed E-state index contributed by atoms with van der Waals surface area (Å²) in [5.41, 5.74) is 0.666. The zero-order chi connectivity index (χ0) is 12.1. The summed E-state index contributed by atoms with van der Waals surface area (Å²) < 4.78 is 28.9. The van der Waals surface area contributed by atoms with Crippen LogP contribution in [0.3, 0.4) is 0 Å². The van der Waals surface area contributed by atoms with Gasteiger partial charge in [-0.05, 0) is 25.0 Å². The molecule has 2 nitrogen and oxygen atoms in total. The summed E-state index contributed by atoms with van der Waals surface area (Å²) in [7, 11) is 0. The van der Waals surface area contributed by atoms with E-state index in [0.29, 0.717) is 11.7 Å². The van der Waals surface area contributed by atoms with Crippen LogP contribution in [-0.4, -0.2) is 12.7 Å². The van der Waals surface area contributed by atoms with Crippen LogP contribution in [0, 0.1) is 0 Å². The van der Waals surface area contributed by atoms with Gasteiger partial charge < -0.3 is 10.1 Å². The van der Waals surface area contributed by atoms with E-state index in [1.807, 2.05) is 6.07 Å². The summed E-state index contributed by atoms with van der Waals surface area (Å²) in [4.78, 5) is 0. The number of anilines is 1. The average molecular weight is 241 g/mol. The van der Waals surface area contributed by atoms with E-state index in [4.69, 9.17) is 0 Å². The lowest BCUT2D eigenvalue weighted by atomic mass is 9.95. The second-order valence-corrected chi connectivity index (χ2v) is 4.35. The molecule has 1 aromatic carbocycles. The van der Waals surface area contributed by atoms with E-state index in [9.17, 15) is 8.78 Å². The predicted octanol–water partition coefficient (Wildman–Crippen LogP) is 4.03. The first-order valence-electron chi connectivity index (χ1n) is 6.06. The normalized spacial score (nSPS) is 17.1. The fourth-order valence-corrected chi connectivity index (χ4v) is 2.25. The predicted molar refractivity (Wildman–Crippen MR) is 63.6 cm³/mol. The molecule has 1 N–H and O–H groups in total. The van der Waals surface area contributed by atoms with Crippen molar-refractivity contribution in [2.45, 2.75) is 44.8 Å². The van der Waals surface area contributed by atoms with Crippen LogP contribution in [0.5, 0.6) is 5.75 Å². The zero-order valence-electron chi connectivity index (χ0n) is 9.66. The molecule has 0 spiro atoms. The van der Waals surface area contributed by atoms with Gasteiger partial charge in [0.2, 0.25) is 0 Å². The standard InChI is InChI=1S/C13H17F2NO/c14-13(15)17-12-9-5-4-8-11(12)16-10-6-2-1-3-7-10/h4-5,8-10,13,16H,1-3,6-7H2. The Labute approximate surface area is 100.0 Å².